The molecule has 4 nitrogen and oxygen atoms in total. The van der Waals surface area contributed by atoms with Crippen LogP contribution in [0, 0.1) is 5.95 Å². The summed E-state index contributed by atoms with van der Waals surface area (Å²) in [5, 5.41) is 3.50. The molecule has 0 bridgehead atoms. The molecule has 66 valence electrons. The molecule has 2 aromatic heterocycles. The van der Waals surface area contributed by atoms with Crippen molar-refractivity contribution in [2.45, 2.75) is 0 Å². The monoisotopic (exact) mass is 179 g/mol. The first-order valence-electron chi connectivity index (χ1n) is 3.60. The number of anilines is 1. The van der Waals surface area contributed by atoms with Crippen LogP contribution in [0.2, 0.25) is 0 Å². The van der Waals surface area contributed by atoms with E-state index in [2.05, 4.69) is 10.1 Å². The summed E-state index contributed by atoms with van der Waals surface area (Å²) in [6, 6.07) is 4.34. The zero-order valence-electron chi connectivity index (χ0n) is 6.57. The molecular formula is C8H6FN3O. The largest absolute Gasteiger partial charge is 0.381 e. The van der Waals surface area contributed by atoms with Crippen molar-refractivity contribution >= 4 is 5.82 Å². The minimum absolute atomic E-state index is 0.291. The van der Waals surface area contributed by atoms with Crippen molar-refractivity contribution in [3.05, 3.63) is 30.3 Å². The van der Waals surface area contributed by atoms with Gasteiger partial charge in [0.1, 0.15) is 0 Å². The van der Waals surface area contributed by atoms with Crippen LogP contribution in [-0.4, -0.2) is 10.1 Å². The van der Waals surface area contributed by atoms with E-state index in [1.807, 2.05) is 0 Å². The molecule has 0 saturated carbocycles. The summed E-state index contributed by atoms with van der Waals surface area (Å²) in [5.41, 5.74) is 5.99. The van der Waals surface area contributed by atoms with Gasteiger partial charge in [0.2, 0.25) is 5.95 Å². The second kappa shape index (κ2) is 2.85. The number of hydrogen-bond donors (Lipinski definition) is 1. The Morgan fingerprint density at radius 2 is 2.23 bits per heavy atom. The molecule has 13 heavy (non-hydrogen) atoms. The molecular weight excluding hydrogens is 173 g/mol. The predicted octanol–water partition coefficient (Wildman–Crippen LogP) is 1.46. The number of nitrogen functional groups attached to an aromatic ring is 1. The Bertz CT molecular complexity index is 410. The van der Waals surface area contributed by atoms with Gasteiger partial charge < -0.3 is 10.3 Å². The van der Waals surface area contributed by atoms with Crippen LogP contribution in [0.4, 0.5) is 10.2 Å². The maximum Gasteiger partial charge on any atom is 0.212 e. The van der Waals surface area contributed by atoms with Crippen LogP contribution in [0.5, 0.6) is 0 Å². The van der Waals surface area contributed by atoms with E-state index in [1.165, 1.54) is 12.3 Å². The summed E-state index contributed by atoms with van der Waals surface area (Å²) in [6.45, 7) is 0. The van der Waals surface area contributed by atoms with Gasteiger partial charge in [0.25, 0.3) is 0 Å². The summed E-state index contributed by atoms with van der Waals surface area (Å²) >= 11 is 0. The lowest BCUT2D eigenvalue weighted by Crippen LogP contribution is -1.82. The summed E-state index contributed by atoms with van der Waals surface area (Å²) in [5.74, 6) is 0.237. The second-order valence-corrected chi connectivity index (χ2v) is 2.49. The lowest BCUT2D eigenvalue weighted by atomic mass is 10.2. The van der Waals surface area contributed by atoms with Crippen molar-refractivity contribution in [2.24, 2.45) is 0 Å². The van der Waals surface area contributed by atoms with Crippen molar-refractivity contribution in [2.75, 3.05) is 5.73 Å². The third kappa shape index (κ3) is 1.48. The Morgan fingerprint density at radius 1 is 1.38 bits per heavy atom. The summed E-state index contributed by atoms with van der Waals surface area (Å²) in [6.07, 6.45) is 1.36. The van der Waals surface area contributed by atoms with Crippen LogP contribution in [0.25, 0.3) is 11.3 Å². The normalized spacial score (nSPS) is 10.2. The maximum atomic E-state index is 12.4. The molecule has 5 heteroatoms. The Hall–Kier alpha value is -1.91. The number of hydrogen-bond acceptors (Lipinski definition) is 4. The molecule has 0 fully saturated rings. The van der Waals surface area contributed by atoms with Gasteiger partial charge in [-0.1, -0.05) is 5.16 Å². The highest BCUT2D eigenvalue weighted by molar-refractivity contribution is 5.58. The van der Waals surface area contributed by atoms with E-state index in [0.717, 1.165) is 0 Å². The molecule has 0 aliphatic carbocycles. The lowest BCUT2D eigenvalue weighted by molar-refractivity contribution is 0.435. The fourth-order valence-corrected chi connectivity index (χ4v) is 0.947. The summed E-state index contributed by atoms with van der Waals surface area (Å²) in [4.78, 5) is 3.47. The summed E-state index contributed by atoms with van der Waals surface area (Å²) in [7, 11) is 0. The standard InChI is InChI=1S/C8H6FN3O/c9-7-2-1-5(4-11-7)6-3-8(10)12-13-6/h1-4H,(H2,10,12). The number of rotatable bonds is 1. The Balaban J connectivity index is 2.41. The van der Waals surface area contributed by atoms with Crippen molar-refractivity contribution < 1.29 is 8.91 Å². The predicted molar refractivity (Wildman–Crippen MR) is 44.1 cm³/mol. The van der Waals surface area contributed by atoms with Crippen molar-refractivity contribution in [1.29, 1.82) is 0 Å². The van der Waals surface area contributed by atoms with E-state index in [9.17, 15) is 4.39 Å². The van der Waals surface area contributed by atoms with E-state index in [4.69, 9.17) is 10.3 Å². The molecule has 0 atom stereocenters. The number of halogens is 1. The smallest absolute Gasteiger partial charge is 0.212 e. The average Bonchev–Trinajstić information content (AvgIpc) is 2.53. The quantitative estimate of drug-likeness (QED) is 0.673. The van der Waals surface area contributed by atoms with E-state index < -0.39 is 5.95 Å². The van der Waals surface area contributed by atoms with Gasteiger partial charge >= 0.3 is 0 Å². The fraction of sp³-hybridized carbons (Fsp3) is 0. The number of aromatic nitrogens is 2. The third-order valence-electron chi connectivity index (χ3n) is 1.54. The number of nitrogens with zero attached hydrogens (tertiary/aromatic N) is 2. The van der Waals surface area contributed by atoms with Gasteiger partial charge in [-0.3, -0.25) is 0 Å². The number of nitrogens with two attached hydrogens (primary N) is 1. The molecule has 0 radical (unpaired) electrons. The first kappa shape index (κ1) is 7.72. The average molecular weight is 179 g/mol. The minimum atomic E-state index is -0.531. The molecule has 2 rings (SSSR count). The van der Waals surface area contributed by atoms with E-state index in [0.29, 0.717) is 17.1 Å². The van der Waals surface area contributed by atoms with Gasteiger partial charge in [-0.2, -0.15) is 4.39 Å². The van der Waals surface area contributed by atoms with Gasteiger partial charge in [-0.15, -0.1) is 0 Å². The van der Waals surface area contributed by atoms with Crippen LogP contribution in [0.15, 0.2) is 28.9 Å². The fourth-order valence-electron chi connectivity index (χ4n) is 0.947. The first-order valence-corrected chi connectivity index (χ1v) is 3.60. The SMILES string of the molecule is Nc1cc(-c2ccc(F)nc2)on1. The molecule has 0 spiro atoms. The Morgan fingerprint density at radius 3 is 2.77 bits per heavy atom. The van der Waals surface area contributed by atoms with Gasteiger partial charge in [-0.05, 0) is 12.1 Å². The highest BCUT2D eigenvalue weighted by Gasteiger charge is 2.04. The highest BCUT2D eigenvalue weighted by Crippen LogP contribution is 2.19. The first-order chi connectivity index (χ1) is 6.25. The third-order valence-corrected chi connectivity index (χ3v) is 1.54. The molecule has 0 unspecified atom stereocenters. The summed E-state index contributed by atoms with van der Waals surface area (Å²) < 4.78 is 17.3. The highest BCUT2D eigenvalue weighted by atomic mass is 19.1. The molecule has 0 aliphatic heterocycles. The van der Waals surface area contributed by atoms with Crippen LogP contribution < -0.4 is 5.73 Å². The van der Waals surface area contributed by atoms with Crippen molar-refractivity contribution in [1.82, 2.24) is 10.1 Å². The van der Waals surface area contributed by atoms with Gasteiger partial charge in [0.05, 0.1) is 0 Å². The van der Waals surface area contributed by atoms with Gasteiger partial charge in [-0.25, -0.2) is 4.98 Å². The number of pyridine rings is 1. The van der Waals surface area contributed by atoms with Crippen LogP contribution in [0.3, 0.4) is 0 Å². The van der Waals surface area contributed by atoms with Gasteiger partial charge in [0.15, 0.2) is 11.6 Å². The van der Waals surface area contributed by atoms with Crippen molar-refractivity contribution in [3.63, 3.8) is 0 Å². The Kier molecular flexibility index (Phi) is 1.70. The maximum absolute atomic E-state index is 12.4. The van der Waals surface area contributed by atoms with E-state index in [1.54, 1.807) is 12.1 Å². The second-order valence-electron chi connectivity index (χ2n) is 2.49. The van der Waals surface area contributed by atoms with Crippen LogP contribution in [-0.2, 0) is 0 Å². The van der Waals surface area contributed by atoms with Crippen LogP contribution >= 0.6 is 0 Å². The molecule has 2 aromatic rings. The molecule has 0 aliphatic rings. The lowest BCUT2D eigenvalue weighted by Gasteiger charge is -1.92. The topological polar surface area (TPSA) is 64.9 Å². The molecule has 2 N–H and O–H groups in total. The zero-order chi connectivity index (χ0) is 9.26. The molecule has 2 heterocycles. The minimum Gasteiger partial charge on any atom is -0.381 e. The van der Waals surface area contributed by atoms with E-state index >= 15 is 0 Å². The van der Waals surface area contributed by atoms with Crippen molar-refractivity contribution in [3.8, 4) is 11.3 Å². The molecule has 0 amide bonds. The molecule has 0 aromatic carbocycles. The Labute approximate surface area is 73.2 Å². The molecule has 0 saturated heterocycles. The zero-order valence-corrected chi connectivity index (χ0v) is 6.57. The van der Waals surface area contributed by atoms with Gasteiger partial charge in [0, 0.05) is 17.8 Å². The van der Waals surface area contributed by atoms with Crippen LogP contribution in [0.1, 0.15) is 0 Å². The van der Waals surface area contributed by atoms with E-state index in [-0.39, 0.29) is 0 Å².